The summed E-state index contributed by atoms with van der Waals surface area (Å²) in [6, 6.07) is 21.3. The smallest absolute Gasteiger partial charge is 0.279 e. The second kappa shape index (κ2) is 8.63. The van der Waals surface area contributed by atoms with Crippen LogP contribution in [0.5, 0.6) is 0 Å². The van der Waals surface area contributed by atoms with Gasteiger partial charge >= 0.3 is 0 Å². The number of nitrogens with one attached hydrogen (secondary N) is 1. The third kappa shape index (κ3) is 3.93. The molecule has 0 saturated carbocycles. The second-order valence-electron chi connectivity index (χ2n) is 7.56. The molecule has 0 aliphatic heterocycles. The maximum atomic E-state index is 14.0. The normalized spacial score (nSPS) is 11.2. The predicted molar refractivity (Wildman–Crippen MR) is 133 cm³/mol. The molecule has 0 radical (unpaired) electrons. The molecule has 0 aliphatic rings. The molecular weight excluding hydrogens is 485 g/mol. The summed E-state index contributed by atoms with van der Waals surface area (Å²) in [5.41, 5.74) is 9.39. The summed E-state index contributed by atoms with van der Waals surface area (Å²) in [4.78, 5) is 22.0. The van der Waals surface area contributed by atoms with Crippen LogP contribution >= 0.6 is 15.9 Å². The number of para-hydroxylation sites is 1. The van der Waals surface area contributed by atoms with Crippen LogP contribution < -0.4 is 16.6 Å². The molecule has 2 aromatic heterocycles. The number of hydrogen-bond acceptors (Lipinski definition) is 5. The molecule has 33 heavy (non-hydrogen) atoms. The van der Waals surface area contributed by atoms with Gasteiger partial charge < -0.3 is 11.1 Å². The molecule has 3 N–H and O–H groups in total. The molecule has 2 heterocycles. The van der Waals surface area contributed by atoms with E-state index in [2.05, 4.69) is 26.2 Å². The van der Waals surface area contributed by atoms with E-state index < -0.39 is 5.56 Å². The van der Waals surface area contributed by atoms with Gasteiger partial charge in [-0.15, -0.1) is 0 Å². The average molecular weight is 504 g/mol. The van der Waals surface area contributed by atoms with Crippen LogP contribution in [0.1, 0.15) is 5.56 Å². The Morgan fingerprint density at radius 2 is 1.70 bits per heavy atom. The maximum Gasteiger partial charge on any atom is 0.279 e. The molecule has 0 fully saturated rings. The van der Waals surface area contributed by atoms with E-state index in [-0.39, 0.29) is 5.82 Å². The number of nitrogens with zero attached hydrogens (tertiary/aromatic N) is 3. The van der Waals surface area contributed by atoms with Gasteiger partial charge in [-0.2, -0.15) is 0 Å². The number of nitrogens with two attached hydrogens (primary N) is 1. The number of anilines is 2. The molecule has 0 saturated heterocycles. The average Bonchev–Trinajstić information content (AvgIpc) is 2.97. The first-order chi connectivity index (χ1) is 16.0. The maximum absolute atomic E-state index is 14.0. The van der Waals surface area contributed by atoms with E-state index in [1.807, 2.05) is 30.3 Å². The summed E-state index contributed by atoms with van der Waals surface area (Å²) in [6.45, 7) is 0.401. The number of hydrogen-bond donors (Lipinski definition) is 2. The Labute approximate surface area is 197 Å². The fraction of sp³-hybridized carbons (Fsp3) is 0.0800. The number of benzene rings is 3. The van der Waals surface area contributed by atoms with Gasteiger partial charge in [0, 0.05) is 16.7 Å². The topological polar surface area (TPSA) is 85.8 Å². The second-order valence-corrected chi connectivity index (χ2v) is 8.47. The third-order valence-corrected chi connectivity index (χ3v) is 6.00. The van der Waals surface area contributed by atoms with Gasteiger partial charge in [0.2, 0.25) is 0 Å². The highest BCUT2D eigenvalue weighted by Crippen LogP contribution is 2.34. The summed E-state index contributed by atoms with van der Waals surface area (Å²) in [5, 5.41) is 3.69. The Kier molecular flexibility index (Phi) is 5.51. The lowest BCUT2D eigenvalue weighted by Crippen LogP contribution is -2.09. The van der Waals surface area contributed by atoms with Gasteiger partial charge in [0.1, 0.15) is 22.8 Å². The van der Waals surface area contributed by atoms with E-state index in [4.69, 9.17) is 10.7 Å². The lowest BCUT2D eigenvalue weighted by molar-refractivity contribution is 0.610. The highest BCUT2D eigenvalue weighted by atomic mass is 79.9. The Bertz CT molecular complexity index is 1550. The Morgan fingerprint density at radius 3 is 2.48 bits per heavy atom. The van der Waals surface area contributed by atoms with Crippen molar-refractivity contribution in [2.24, 2.45) is 0 Å². The zero-order chi connectivity index (χ0) is 22.9. The van der Waals surface area contributed by atoms with Crippen molar-refractivity contribution >= 4 is 49.5 Å². The minimum absolute atomic E-state index is 0.260. The van der Waals surface area contributed by atoms with Crippen molar-refractivity contribution in [2.45, 2.75) is 6.42 Å². The largest absolute Gasteiger partial charge is 0.383 e. The number of halogens is 2. The van der Waals surface area contributed by atoms with Crippen molar-refractivity contribution in [3.05, 3.63) is 99.0 Å². The molecule has 0 amide bonds. The molecule has 0 atom stereocenters. The van der Waals surface area contributed by atoms with Crippen LogP contribution in [0.4, 0.5) is 15.9 Å². The fourth-order valence-corrected chi connectivity index (χ4v) is 4.12. The zero-order valence-corrected chi connectivity index (χ0v) is 19.0. The van der Waals surface area contributed by atoms with Gasteiger partial charge in [-0.3, -0.25) is 9.36 Å². The number of rotatable bonds is 5. The number of fused-ring (bicyclic) bond motifs is 2. The van der Waals surface area contributed by atoms with Gasteiger partial charge in [0.25, 0.3) is 5.56 Å². The number of aromatic nitrogens is 3. The quantitative estimate of drug-likeness (QED) is 0.349. The summed E-state index contributed by atoms with van der Waals surface area (Å²) in [6.07, 6.45) is 0.440. The molecule has 5 rings (SSSR count). The molecule has 3 aromatic carbocycles. The van der Waals surface area contributed by atoms with E-state index in [1.165, 1.54) is 6.07 Å². The van der Waals surface area contributed by atoms with Crippen molar-refractivity contribution in [1.82, 2.24) is 14.5 Å². The van der Waals surface area contributed by atoms with E-state index in [9.17, 15) is 9.18 Å². The molecule has 164 valence electrons. The monoisotopic (exact) mass is 503 g/mol. The van der Waals surface area contributed by atoms with Crippen molar-refractivity contribution in [1.29, 1.82) is 0 Å². The molecule has 0 spiro atoms. The lowest BCUT2D eigenvalue weighted by atomic mass is 10.1. The zero-order valence-electron chi connectivity index (χ0n) is 17.4. The number of nitrogen functional groups attached to an aromatic ring is 1. The summed E-state index contributed by atoms with van der Waals surface area (Å²) < 4.78 is 16.7. The molecule has 6 nitrogen and oxygen atoms in total. The first kappa shape index (κ1) is 21.1. The predicted octanol–water partition coefficient (Wildman–Crippen LogP) is 5.07. The van der Waals surface area contributed by atoms with Crippen LogP contribution in [0.15, 0.2) is 82.1 Å². The van der Waals surface area contributed by atoms with E-state index in [0.29, 0.717) is 52.1 Å². The highest BCUT2D eigenvalue weighted by molar-refractivity contribution is 9.10. The summed E-state index contributed by atoms with van der Waals surface area (Å²) in [5.74, 6) is 0.111. The van der Waals surface area contributed by atoms with Crippen LogP contribution in [-0.4, -0.2) is 21.1 Å². The van der Waals surface area contributed by atoms with Crippen molar-refractivity contribution in [3.63, 3.8) is 0 Å². The van der Waals surface area contributed by atoms with Crippen LogP contribution in [0, 0.1) is 5.82 Å². The molecule has 0 bridgehead atoms. The first-order valence-corrected chi connectivity index (χ1v) is 11.2. The van der Waals surface area contributed by atoms with Crippen LogP contribution in [0.2, 0.25) is 0 Å². The minimum Gasteiger partial charge on any atom is -0.383 e. The molecule has 8 heteroatoms. The van der Waals surface area contributed by atoms with Crippen molar-refractivity contribution in [3.8, 4) is 5.69 Å². The minimum atomic E-state index is -0.391. The van der Waals surface area contributed by atoms with Gasteiger partial charge in [0.05, 0.1) is 10.9 Å². The van der Waals surface area contributed by atoms with E-state index in [1.54, 1.807) is 41.0 Å². The summed E-state index contributed by atoms with van der Waals surface area (Å²) >= 11 is 3.45. The van der Waals surface area contributed by atoms with Crippen LogP contribution in [0.3, 0.4) is 0 Å². The van der Waals surface area contributed by atoms with Crippen molar-refractivity contribution in [2.75, 3.05) is 17.6 Å². The molecule has 5 aromatic rings. The van der Waals surface area contributed by atoms with Crippen molar-refractivity contribution < 1.29 is 4.39 Å². The van der Waals surface area contributed by atoms with E-state index in [0.717, 1.165) is 10.2 Å². The standard InChI is InChI=1S/C25H19BrFN5O/c26-16-9-11-17(12-10-16)32-23(28)21(29-14-13-15-5-1-3-7-19(15)27)22-24(32)30-20-8-4-2-6-18(20)25(33)31-22/h1-12,29H,13-14,28H2. The van der Waals surface area contributed by atoms with Gasteiger partial charge in [-0.05, 0) is 54.4 Å². The van der Waals surface area contributed by atoms with Gasteiger partial charge in [-0.25, -0.2) is 14.4 Å². The van der Waals surface area contributed by atoms with Crippen LogP contribution in [0.25, 0.3) is 27.8 Å². The highest BCUT2D eigenvalue weighted by Gasteiger charge is 2.20. The molecule has 0 aliphatic carbocycles. The Morgan fingerprint density at radius 1 is 0.970 bits per heavy atom. The van der Waals surface area contributed by atoms with Crippen LogP contribution in [-0.2, 0) is 6.42 Å². The lowest BCUT2D eigenvalue weighted by Gasteiger charge is -2.09. The molecule has 0 unspecified atom stereocenters. The molecular formula is C25H19BrFN5O. The SMILES string of the molecule is Nc1c(NCCc2ccccc2F)c2nc(=O)c3ccccc3nc2n1-c1ccc(Br)cc1. The Hall–Kier alpha value is -3.78. The van der Waals surface area contributed by atoms with Gasteiger partial charge in [-0.1, -0.05) is 46.3 Å². The third-order valence-electron chi connectivity index (χ3n) is 5.47. The summed E-state index contributed by atoms with van der Waals surface area (Å²) in [7, 11) is 0. The fourth-order valence-electron chi connectivity index (χ4n) is 3.85. The van der Waals surface area contributed by atoms with E-state index >= 15 is 0 Å². The Balaban J connectivity index is 1.68. The van der Waals surface area contributed by atoms with Gasteiger partial charge in [0.15, 0.2) is 5.65 Å². The first-order valence-electron chi connectivity index (χ1n) is 10.4.